The maximum Gasteiger partial charge on any atom is 0.277 e. The first-order valence-electron chi connectivity index (χ1n) is 7.09. The fourth-order valence-corrected chi connectivity index (χ4v) is 2.26. The number of ether oxygens (including phenoxy) is 2. The standard InChI is InChI=1S/C17H15BrN2O5/c1-24-13-6-7-15(14(18)8-13)25-10-16(21)20-19-9-11-2-4-12(5-3-11)17(22)23/h2-9H,10H2,1H3,(H,20,21)(H,22,23)/p-1. The molecule has 7 nitrogen and oxygen atoms in total. The van der Waals surface area contributed by atoms with Gasteiger partial charge in [-0.15, -0.1) is 0 Å². The summed E-state index contributed by atoms with van der Waals surface area (Å²) in [6.45, 7) is -0.216. The third-order valence-electron chi connectivity index (χ3n) is 3.05. The van der Waals surface area contributed by atoms with Crippen LogP contribution in [-0.4, -0.2) is 31.8 Å². The Morgan fingerprint density at radius 2 is 1.96 bits per heavy atom. The van der Waals surface area contributed by atoms with E-state index >= 15 is 0 Å². The number of carbonyl (C=O) groups is 2. The number of nitrogens with one attached hydrogen (secondary N) is 1. The first kappa shape index (κ1) is 18.5. The van der Waals surface area contributed by atoms with Crippen molar-refractivity contribution in [1.82, 2.24) is 5.43 Å². The lowest BCUT2D eigenvalue weighted by molar-refractivity contribution is -0.255. The van der Waals surface area contributed by atoms with Gasteiger partial charge >= 0.3 is 0 Å². The van der Waals surface area contributed by atoms with Crippen molar-refractivity contribution in [1.29, 1.82) is 0 Å². The number of hydrogen-bond acceptors (Lipinski definition) is 6. The molecular weight excluding hydrogens is 392 g/mol. The van der Waals surface area contributed by atoms with Gasteiger partial charge < -0.3 is 19.4 Å². The molecule has 2 aromatic rings. The normalized spacial score (nSPS) is 10.5. The third-order valence-corrected chi connectivity index (χ3v) is 3.67. The number of amides is 1. The van der Waals surface area contributed by atoms with Crippen LogP contribution < -0.4 is 20.0 Å². The molecule has 0 heterocycles. The number of carboxylic acids is 1. The molecule has 130 valence electrons. The van der Waals surface area contributed by atoms with Gasteiger partial charge in [-0.3, -0.25) is 4.79 Å². The second kappa shape index (κ2) is 8.84. The molecule has 8 heteroatoms. The van der Waals surface area contributed by atoms with Gasteiger partial charge in [-0.05, 0) is 45.3 Å². The van der Waals surface area contributed by atoms with E-state index in [4.69, 9.17) is 9.47 Å². The number of methoxy groups -OCH3 is 1. The van der Waals surface area contributed by atoms with Crippen LogP contribution in [0.4, 0.5) is 0 Å². The Morgan fingerprint density at radius 1 is 1.24 bits per heavy atom. The zero-order valence-corrected chi connectivity index (χ0v) is 14.8. The Morgan fingerprint density at radius 3 is 2.56 bits per heavy atom. The van der Waals surface area contributed by atoms with Crippen molar-refractivity contribution < 1.29 is 24.2 Å². The molecule has 0 radical (unpaired) electrons. The number of hydrogen-bond donors (Lipinski definition) is 1. The maximum atomic E-state index is 11.7. The molecule has 0 aromatic heterocycles. The van der Waals surface area contributed by atoms with Crippen LogP contribution in [0, 0.1) is 0 Å². The predicted molar refractivity (Wildman–Crippen MR) is 92.7 cm³/mol. The minimum absolute atomic E-state index is 0.0691. The third kappa shape index (κ3) is 5.61. The van der Waals surface area contributed by atoms with E-state index in [1.165, 1.54) is 18.3 Å². The van der Waals surface area contributed by atoms with Gasteiger partial charge in [0.15, 0.2) is 6.61 Å². The average molecular weight is 406 g/mol. The van der Waals surface area contributed by atoms with Crippen LogP contribution in [0.15, 0.2) is 52.0 Å². The molecule has 0 bridgehead atoms. The van der Waals surface area contributed by atoms with Crippen LogP contribution in [0.1, 0.15) is 15.9 Å². The molecule has 0 aliphatic heterocycles. The Balaban J connectivity index is 1.83. The predicted octanol–water partition coefficient (Wildman–Crippen LogP) is 1.35. The Labute approximate surface area is 152 Å². The zero-order valence-electron chi connectivity index (χ0n) is 13.2. The molecule has 2 rings (SSSR count). The van der Waals surface area contributed by atoms with Crippen LogP contribution in [0.2, 0.25) is 0 Å². The summed E-state index contributed by atoms with van der Waals surface area (Å²) in [7, 11) is 1.56. The molecular formula is C17H14BrN2O5-. The van der Waals surface area contributed by atoms with E-state index in [0.717, 1.165) is 0 Å². The van der Waals surface area contributed by atoms with Crippen molar-refractivity contribution in [2.75, 3.05) is 13.7 Å². The Bertz CT molecular complexity index is 790. The highest BCUT2D eigenvalue weighted by Gasteiger charge is 2.06. The fourth-order valence-electron chi connectivity index (χ4n) is 1.79. The SMILES string of the molecule is COc1ccc(OCC(=O)NN=Cc2ccc(C(=O)[O-])cc2)c(Br)c1. The molecule has 2 aromatic carbocycles. The molecule has 0 saturated carbocycles. The number of nitrogens with zero attached hydrogens (tertiary/aromatic N) is 1. The van der Waals surface area contributed by atoms with Crippen molar-refractivity contribution >= 4 is 34.0 Å². The van der Waals surface area contributed by atoms with Crippen LogP contribution in [0.25, 0.3) is 0 Å². The summed E-state index contributed by atoms with van der Waals surface area (Å²) < 4.78 is 11.1. The zero-order chi connectivity index (χ0) is 18.2. The molecule has 0 aliphatic rings. The average Bonchev–Trinajstić information content (AvgIpc) is 2.61. The smallest absolute Gasteiger partial charge is 0.277 e. The quantitative estimate of drug-likeness (QED) is 0.553. The first-order valence-corrected chi connectivity index (χ1v) is 7.88. The van der Waals surface area contributed by atoms with Gasteiger partial charge in [0.25, 0.3) is 5.91 Å². The minimum Gasteiger partial charge on any atom is -0.545 e. The second-order valence-electron chi connectivity index (χ2n) is 4.79. The topological polar surface area (TPSA) is 100 Å². The lowest BCUT2D eigenvalue weighted by Gasteiger charge is -2.08. The summed E-state index contributed by atoms with van der Waals surface area (Å²) >= 11 is 3.32. The van der Waals surface area contributed by atoms with Gasteiger partial charge in [-0.2, -0.15) is 5.10 Å². The second-order valence-corrected chi connectivity index (χ2v) is 5.64. The van der Waals surface area contributed by atoms with E-state index in [0.29, 0.717) is 21.5 Å². The van der Waals surface area contributed by atoms with E-state index in [1.807, 2.05) is 0 Å². The highest BCUT2D eigenvalue weighted by molar-refractivity contribution is 9.10. The molecule has 1 N–H and O–H groups in total. The van der Waals surface area contributed by atoms with Crippen LogP contribution in [0.5, 0.6) is 11.5 Å². The van der Waals surface area contributed by atoms with Crippen LogP contribution in [-0.2, 0) is 4.79 Å². The maximum absolute atomic E-state index is 11.7. The number of rotatable bonds is 7. The number of benzene rings is 2. The monoisotopic (exact) mass is 405 g/mol. The number of carbonyl (C=O) groups excluding carboxylic acids is 2. The largest absolute Gasteiger partial charge is 0.545 e. The summed E-state index contributed by atoms with van der Waals surface area (Å²) in [5, 5.41) is 14.4. The summed E-state index contributed by atoms with van der Waals surface area (Å²) in [5.74, 6) is -0.528. The number of hydrazone groups is 1. The van der Waals surface area contributed by atoms with Gasteiger partial charge in [-0.25, -0.2) is 5.43 Å². The fraction of sp³-hybridized carbons (Fsp3) is 0.118. The summed E-state index contributed by atoms with van der Waals surface area (Å²) in [5.41, 5.74) is 3.02. The lowest BCUT2D eigenvalue weighted by atomic mass is 10.1. The highest BCUT2D eigenvalue weighted by Crippen LogP contribution is 2.28. The van der Waals surface area contributed by atoms with Gasteiger partial charge in [0, 0.05) is 0 Å². The lowest BCUT2D eigenvalue weighted by Crippen LogP contribution is -2.24. The van der Waals surface area contributed by atoms with Crippen molar-refractivity contribution in [3.05, 3.63) is 58.1 Å². The van der Waals surface area contributed by atoms with Gasteiger partial charge in [-0.1, -0.05) is 24.3 Å². The van der Waals surface area contributed by atoms with Crippen molar-refractivity contribution in [2.24, 2.45) is 5.10 Å². The Kier molecular flexibility index (Phi) is 6.53. The van der Waals surface area contributed by atoms with E-state index in [-0.39, 0.29) is 12.2 Å². The minimum atomic E-state index is -1.25. The van der Waals surface area contributed by atoms with Crippen molar-refractivity contribution in [3.8, 4) is 11.5 Å². The molecule has 0 saturated heterocycles. The van der Waals surface area contributed by atoms with E-state index in [1.54, 1.807) is 37.4 Å². The summed E-state index contributed by atoms with van der Waals surface area (Å²) in [6.07, 6.45) is 1.39. The highest BCUT2D eigenvalue weighted by atomic mass is 79.9. The van der Waals surface area contributed by atoms with Gasteiger partial charge in [0.1, 0.15) is 11.5 Å². The summed E-state index contributed by atoms with van der Waals surface area (Å²) in [4.78, 5) is 22.3. The van der Waals surface area contributed by atoms with Gasteiger partial charge in [0.2, 0.25) is 0 Å². The van der Waals surface area contributed by atoms with Crippen molar-refractivity contribution in [2.45, 2.75) is 0 Å². The van der Waals surface area contributed by atoms with Crippen LogP contribution in [0.3, 0.4) is 0 Å². The van der Waals surface area contributed by atoms with E-state index in [2.05, 4.69) is 26.5 Å². The Hall–Kier alpha value is -2.87. The summed E-state index contributed by atoms with van der Waals surface area (Å²) in [6, 6.07) is 11.0. The first-order chi connectivity index (χ1) is 12.0. The molecule has 0 atom stereocenters. The van der Waals surface area contributed by atoms with Gasteiger partial charge in [0.05, 0.1) is 23.8 Å². The molecule has 0 spiro atoms. The number of aromatic carboxylic acids is 1. The number of halogens is 1. The molecule has 25 heavy (non-hydrogen) atoms. The number of carboxylic acid groups (broad SMARTS) is 1. The molecule has 0 unspecified atom stereocenters. The van der Waals surface area contributed by atoms with Crippen molar-refractivity contribution in [3.63, 3.8) is 0 Å². The molecule has 0 fully saturated rings. The van der Waals surface area contributed by atoms with E-state index in [9.17, 15) is 14.7 Å². The van der Waals surface area contributed by atoms with Crippen LogP contribution >= 0.6 is 15.9 Å². The van der Waals surface area contributed by atoms with E-state index < -0.39 is 11.9 Å². The molecule has 1 amide bonds. The molecule has 0 aliphatic carbocycles.